The third-order valence-corrected chi connectivity index (χ3v) is 5.97. The Morgan fingerprint density at radius 1 is 1.11 bits per heavy atom. The number of rotatable bonds is 8. The van der Waals surface area contributed by atoms with Gasteiger partial charge in [0.25, 0.3) is 10.2 Å². The van der Waals surface area contributed by atoms with Gasteiger partial charge in [0.15, 0.2) is 11.5 Å². The molecule has 2 aromatic carbocycles. The number of nitrogens with two attached hydrogens (primary N) is 1. The van der Waals surface area contributed by atoms with Crippen LogP contribution in [0.2, 0.25) is 0 Å². The zero-order valence-corrected chi connectivity index (χ0v) is 19.9. The third kappa shape index (κ3) is 7.82. The molecule has 0 amide bonds. The van der Waals surface area contributed by atoms with E-state index in [1.165, 1.54) is 18.2 Å². The van der Waals surface area contributed by atoms with Gasteiger partial charge in [0.05, 0.1) is 18.6 Å². The number of carbonyl (C=O) groups is 3. The molecule has 0 aliphatic carbocycles. The SMILES string of the molecule is Cl.Nc1ccc2c(c1)CCCOc1cc(CNS(=O)(=O)N[C@@H](CC(=O)O)C(=O)O)ccc1OC2=O. The lowest BCUT2D eigenvalue weighted by atomic mass is 10.0. The van der Waals surface area contributed by atoms with E-state index >= 15 is 0 Å². The van der Waals surface area contributed by atoms with E-state index in [1.807, 2.05) is 0 Å². The molecule has 0 saturated carbocycles. The quantitative estimate of drug-likeness (QED) is 0.187. The molecule has 0 saturated heterocycles. The predicted molar refractivity (Wildman–Crippen MR) is 126 cm³/mol. The lowest BCUT2D eigenvalue weighted by Gasteiger charge is -2.17. The number of carboxylic acid groups (broad SMARTS) is 2. The van der Waals surface area contributed by atoms with Gasteiger partial charge in [0.1, 0.15) is 6.04 Å². The summed E-state index contributed by atoms with van der Waals surface area (Å²) in [5.74, 6) is -3.31. The van der Waals surface area contributed by atoms with Gasteiger partial charge in [-0.15, -0.1) is 12.4 Å². The topological polar surface area (TPSA) is 194 Å². The molecule has 6 N–H and O–H groups in total. The van der Waals surface area contributed by atoms with E-state index in [2.05, 4.69) is 4.72 Å². The summed E-state index contributed by atoms with van der Waals surface area (Å²) in [6.07, 6.45) is 0.200. The molecule has 1 aliphatic heterocycles. The average molecular weight is 530 g/mol. The van der Waals surface area contributed by atoms with Crippen molar-refractivity contribution in [3.8, 4) is 11.5 Å². The maximum atomic E-state index is 12.7. The molecule has 0 radical (unpaired) electrons. The molecule has 2 aromatic rings. The smallest absolute Gasteiger partial charge is 0.343 e. The van der Waals surface area contributed by atoms with Crippen molar-refractivity contribution in [1.29, 1.82) is 0 Å². The van der Waals surface area contributed by atoms with Crippen LogP contribution in [0.15, 0.2) is 36.4 Å². The van der Waals surface area contributed by atoms with Gasteiger partial charge in [-0.2, -0.15) is 17.9 Å². The minimum absolute atomic E-state index is 0. The normalized spacial score (nSPS) is 14.2. The van der Waals surface area contributed by atoms with E-state index in [9.17, 15) is 22.8 Å². The number of aryl methyl sites for hydroxylation is 1. The Hall–Kier alpha value is -3.39. The number of hydrogen-bond acceptors (Lipinski definition) is 8. The first kappa shape index (κ1) is 27.9. The predicted octanol–water partition coefficient (Wildman–Crippen LogP) is 1.09. The van der Waals surface area contributed by atoms with Crippen molar-refractivity contribution >= 4 is 46.2 Å². The number of aliphatic carboxylic acids is 2. The van der Waals surface area contributed by atoms with Crippen LogP contribution >= 0.6 is 12.4 Å². The van der Waals surface area contributed by atoms with Crippen molar-refractivity contribution < 1.29 is 42.5 Å². The Kier molecular flexibility index (Phi) is 9.42. The van der Waals surface area contributed by atoms with Crippen LogP contribution in [0.25, 0.3) is 0 Å². The molecule has 0 aromatic heterocycles. The summed E-state index contributed by atoms with van der Waals surface area (Å²) in [6, 6.07) is 7.53. The van der Waals surface area contributed by atoms with Gasteiger partial charge in [-0.3, -0.25) is 9.59 Å². The fraction of sp³-hybridized carbons (Fsp3) is 0.286. The Labute approximate surface area is 207 Å². The summed E-state index contributed by atoms with van der Waals surface area (Å²) in [7, 11) is -4.34. The van der Waals surface area contributed by atoms with E-state index < -0.39 is 40.6 Å². The van der Waals surface area contributed by atoms with Crippen molar-refractivity contribution in [3.05, 3.63) is 53.1 Å². The molecule has 0 fully saturated rings. The van der Waals surface area contributed by atoms with Crippen LogP contribution in [-0.4, -0.2) is 49.2 Å². The number of halogens is 1. The van der Waals surface area contributed by atoms with Gasteiger partial charge >= 0.3 is 17.9 Å². The molecule has 3 rings (SSSR count). The molecule has 0 spiro atoms. The number of nitrogens with one attached hydrogen (secondary N) is 2. The molecular weight excluding hydrogens is 506 g/mol. The van der Waals surface area contributed by atoms with Crippen LogP contribution in [-0.2, 0) is 32.8 Å². The highest BCUT2D eigenvalue weighted by molar-refractivity contribution is 7.87. The van der Waals surface area contributed by atoms with Crippen molar-refractivity contribution in [3.63, 3.8) is 0 Å². The number of benzene rings is 2. The Bertz CT molecular complexity index is 1220. The van der Waals surface area contributed by atoms with Gasteiger partial charge in [-0.25, -0.2) is 4.79 Å². The number of carboxylic acids is 2. The first-order valence-electron chi connectivity index (χ1n) is 10.1. The standard InChI is InChI=1S/C21H23N3O9S.ClH/c22-14-4-5-15-13(9-14)2-1-7-32-18-8-12(3-6-17(18)33-21(15)29)11-23-34(30,31)24-16(20(27)28)10-19(25)26;/h3-6,8-9,16,23-24H,1-2,7,10-11,22H2,(H,25,26)(H,27,28);1H/t16-;/m0./s1. The van der Waals surface area contributed by atoms with E-state index in [4.69, 9.17) is 25.4 Å². The van der Waals surface area contributed by atoms with Gasteiger partial charge < -0.3 is 25.4 Å². The monoisotopic (exact) mass is 529 g/mol. The van der Waals surface area contributed by atoms with Gasteiger partial charge in [-0.1, -0.05) is 6.07 Å². The van der Waals surface area contributed by atoms with Crippen LogP contribution in [0.4, 0.5) is 5.69 Å². The van der Waals surface area contributed by atoms with Crippen LogP contribution < -0.4 is 24.7 Å². The highest BCUT2D eigenvalue weighted by atomic mass is 35.5. The summed E-state index contributed by atoms with van der Waals surface area (Å²) in [6.45, 7) is 0.0342. The molecule has 190 valence electrons. The third-order valence-electron chi connectivity index (χ3n) is 4.85. The molecule has 0 bridgehead atoms. The average Bonchev–Trinajstić information content (AvgIpc) is 2.75. The van der Waals surface area contributed by atoms with E-state index in [1.54, 1.807) is 22.9 Å². The van der Waals surface area contributed by atoms with Crippen LogP contribution in [0.5, 0.6) is 11.5 Å². The molecule has 35 heavy (non-hydrogen) atoms. The number of anilines is 1. The number of fused-ring (bicyclic) bond motifs is 2. The molecular formula is C21H24ClN3O9S. The zero-order valence-electron chi connectivity index (χ0n) is 18.2. The lowest BCUT2D eigenvalue weighted by molar-refractivity contribution is -0.145. The Morgan fingerprint density at radius 3 is 2.54 bits per heavy atom. The second-order valence-corrected chi connectivity index (χ2v) is 9.00. The van der Waals surface area contributed by atoms with Crippen molar-refractivity contribution in [1.82, 2.24) is 9.44 Å². The fourth-order valence-corrected chi connectivity index (χ4v) is 4.24. The number of nitrogen functional groups attached to an aromatic ring is 1. The molecule has 1 atom stereocenters. The van der Waals surface area contributed by atoms with E-state index in [-0.39, 0.29) is 30.5 Å². The van der Waals surface area contributed by atoms with Gasteiger partial charge in [0, 0.05) is 12.2 Å². The van der Waals surface area contributed by atoms with Crippen molar-refractivity contribution in [2.75, 3.05) is 12.3 Å². The summed E-state index contributed by atoms with van der Waals surface area (Å²) in [5.41, 5.74) is 7.90. The number of ether oxygens (including phenoxy) is 2. The number of esters is 1. The van der Waals surface area contributed by atoms with Crippen molar-refractivity contribution in [2.45, 2.75) is 31.8 Å². The van der Waals surface area contributed by atoms with Crippen LogP contribution in [0.1, 0.15) is 34.3 Å². The second kappa shape index (κ2) is 11.8. The van der Waals surface area contributed by atoms with E-state index in [0.29, 0.717) is 36.3 Å². The minimum atomic E-state index is -4.34. The highest BCUT2D eigenvalue weighted by Crippen LogP contribution is 2.31. The first-order chi connectivity index (χ1) is 16.0. The summed E-state index contributed by atoms with van der Waals surface area (Å²) >= 11 is 0. The second-order valence-electron chi connectivity index (χ2n) is 7.47. The summed E-state index contributed by atoms with van der Waals surface area (Å²) in [4.78, 5) is 34.5. The minimum Gasteiger partial charge on any atom is -0.490 e. The van der Waals surface area contributed by atoms with Crippen LogP contribution in [0.3, 0.4) is 0 Å². The molecule has 1 heterocycles. The highest BCUT2D eigenvalue weighted by Gasteiger charge is 2.26. The van der Waals surface area contributed by atoms with Crippen LogP contribution in [0, 0.1) is 0 Å². The fourth-order valence-electron chi connectivity index (χ4n) is 3.24. The van der Waals surface area contributed by atoms with E-state index in [0.717, 1.165) is 5.56 Å². The first-order valence-corrected chi connectivity index (χ1v) is 11.6. The Balaban J connectivity index is 0.00000432. The van der Waals surface area contributed by atoms with Crippen molar-refractivity contribution in [2.24, 2.45) is 0 Å². The molecule has 12 nitrogen and oxygen atoms in total. The largest absolute Gasteiger partial charge is 0.490 e. The summed E-state index contributed by atoms with van der Waals surface area (Å²) < 4.78 is 39.5. The lowest BCUT2D eigenvalue weighted by Crippen LogP contribution is -2.47. The number of carbonyl (C=O) groups excluding carboxylic acids is 1. The number of hydrogen-bond donors (Lipinski definition) is 5. The zero-order chi connectivity index (χ0) is 24.9. The molecule has 14 heteroatoms. The maximum absolute atomic E-state index is 12.7. The molecule has 0 unspecified atom stereocenters. The van der Waals surface area contributed by atoms with Gasteiger partial charge in [-0.05, 0) is 54.3 Å². The summed E-state index contributed by atoms with van der Waals surface area (Å²) in [5, 5.41) is 17.8. The maximum Gasteiger partial charge on any atom is 0.343 e. The molecule has 1 aliphatic rings. The Morgan fingerprint density at radius 2 is 1.86 bits per heavy atom. The van der Waals surface area contributed by atoms with Gasteiger partial charge in [0.2, 0.25) is 0 Å².